The molecule has 144 valence electrons. The first-order chi connectivity index (χ1) is 12.5. The zero-order chi connectivity index (χ0) is 20.2. The minimum atomic E-state index is -3.40. The minimum absolute atomic E-state index is 0.0499. The summed E-state index contributed by atoms with van der Waals surface area (Å²) in [6.07, 6.45) is -0.0123. The van der Waals surface area contributed by atoms with E-state index in [9.17, 15) is 18.0 Å². The van der Waals surface area contributed by atoms with E-state index in [-0.39, 0.29) is 6.42 Å². The number of sulfonamides is 1. The molecule has 0 aliphatic rings. The fourth-order valence-corrected chi connectivity index (χ4v) is 3.14. The lowest BCUT2D eigenvalue weighted by Crippen LogP contribution is -2.25. The molecule has 27 heavy (non-hydrogen) atoms. The molecule has 2 rings (SSSR count). The summed E-state index contributed by atoms with van der Waals surface area (Å²) < 4.78 is 29.9. The van der Waals surface area contributed by atoms with Crippen molar-refractivity contribution in [3.8, 4) is 0 Å². The minimum Gasteiger partial charge on any atom is -0.454 e. The van der Waals surface area contributed by atoms with Gasteiger partial charge in [-0.3, -0.25) is 14.3 Å². The maximum Gasteiger partial charge on any atom is 0.310 e. The van der Waals surface area contributed by atoms with E-state index < -0.39 is 27.9 Å². The van der Waals surface area contributed by atoms with Crippen molar-refractivity contribution in [2.45, 2.75) is 19.4 Å². The largest absolute Gasteiger partial charge is 0.454 e. The molecule has 9 heteroatoms. The molecule has 0 amide bonds. The molecule has 1 atom stereocenters. The number of ketones is 1. The number of hydrogen-bond acceptors (Lipinski definition) is 5. The van der Waals surface area contributed by atoms with Gasteiger partial charge in [-0.1, -0.05) is 29.3 Å². The van der Waals surface area contributed by atoms with Crippen molar-refractivity contribution in [3.63, 3.8) is 0 Å². The molecule has 0 heterocycles. The van der Waals surface area contributed by atoms with E-state index in [1.54, 1.807) is 18.2 Å². The zero-order valence-electron chi connectivity index (χ0n) is 14.5. The van der Waals surface area contributed by atoms with Crippen LogP contribution in [0.5, 0.6) is 0 Å². The number of Topliss-reactive ketones (excluding diaryl/α,β-unsaturated/α-hetero) is 1. The van der Waals surface area contributed by atoms with Crippen LogP contribution in [0, 0.1) is 0 Å². The van der Waals surface area contributed by atoms with Crippen molar-refractivity contribution in [1.82, 2.24) is 0 Å². The van der Waals surface area contributed by atoms with Crippen LogP contribution in [0.1, 0.15) is 22.8 Å². The van der Waals surface area contributed by atoms with E-state index in [1.165, 1.54) is 31.2 Å². The quantitative estimate of drug-likeness (QED) is 0.534. The number of anilines is 1. The number of carbonyl (C=O) groups excluding carboxylic acids is 2. The van der Waals surface area contributed by atoms with Crippen LogP contribution in [0.4, 0.5) is 5.69 Å². The Bertz CT molecular complexity index is 958. The number of nitrogens with one attached hydrogen (secondary N) is 1. The highest BCUT2D eigenvalue weighted by Crippen LogP contribution is 2.23. The summed E-state index contributed by atoms with van der Waals surface area (Å²) in [6, 6.07) is 10.6. The summed E-state index contributed by atoms with van der Waals surface area (Å²) in [6.45, 7) is 1.47. The number of halogens is 2. The van der Waals surface area contributed by atoms with Gasteiger partial charge in [0, 0.05) is 11.3 Å². The van der Waals surface area contributed by atoms with E-state index in [1.807, 2.05) is 0 Å². The number of hydrogen-bond donors (Lipinski definition) is 1. The Morgan fingerprint density at radius 3 is 2.26 bits per heavy atom. The van der Waals surface area contributed by atoms with Gasteiger partial charge in [0.2, 0.25) is 15.8 Å². The molecule has 0 bridgehead atoms. The van der Waals surface area contributed by atoms with Crippen molar-refractivity contribution in [1.29, 1.82) is 0 Å². The Morgan fingerprint density at radius 1 is 1.07 bits per heavy atom. The van der Waals surface area contributed by atoms with Gasteiger partial charge in [-0.25, -0.2) is 8.42 Å². The second-order valence-electron chi connectivity index (χ2n) is 5.87. The number of benzene rings is 2. The lowest BCUT2D eigenvalue weighted by Gasteiger charge is -2.13. The third kappa shape index (κ3) is 6.53. The summed E-state index contributed by atoms with van der Waals surface area (Å²) in [5.41, 5.74) is 1.24. The van der Waals surface area contributed by atoms with E-state index >= 15 is 0 Å². The molecule has 6 nitrogen and oxygen atoms in total. The van der Waals surface area contributed by atoms with Crippen LogP contribution in [0.25, 0.3) is 0 Å². The zero-order valence-corrected chi connectivity index (χ0v) is 16.9. The molecule has 0 aliphatic carbocycles. The lowest BCUT2D eigenvalue weighted by atomic mass is 10.1. The Balaban J connectivity index is 1.98. The molecular weight excluding hydrogens is 413 g/mol. The summed E-state index contributed by atoms with van der Waals surface area (Å²) in [5, 5.41) is 0.708. The Labute approximate surface area is 167 Å². The Kier molecular flexibility index (Phi) is 6.86. The summed E-state index contributed by atoms with van der Waals surface area (Å²) in [7, 11) is -3.40. The summed E-state index contributed by atoms with van der Waals surface area (Å²) in [4.78, 5) is 24.4. The predicted molar refractivity (Wildman–Crippen MR) is 105 cm³/mol. The van der Waals surface area contributed by atoms with Crippen molar-refractivity contribution in [2.75, 3.05) is 11.0 Å². The van der Waals surface area contributed by atoms with E-state index in [0.29, 0.717) is 26.9 Å². The van der Waals surface area contributed by atoms with Crippen molar-refractivity contribution in [3.05, 3.63) is 63.6 Å². The second-order valence-corrected chi connectivity index (χ2v) is 8.44. The molecule has 0 spiro atoms. The number of rotatable bonds is 7. The fraction of sp³-hybridized carbons (Fsp3) is 0.222. The van der Waals surface area contributed by atoms with Gasteiger partial charge in [0.25, 0.3) is 0 Å². The van der Waals surface area contributed by atoms with Gasteiger partial charge < -0.3 is 4.74 Å². The summed E-state index contributed by atoms with van der Waals surface area (Å²) >= 11 is 11.7. The molecule has 1 unspecified atom stereocenters. The Morgan fingerprint density at radius 2 is 1.70 bits per heavy atom. The molecule has 0 saturated heterocycles. The molecule has 2 aromatic rings. The van der Waals surface area contributed by atoms with Crippen LogP contribution >= 0.6 is 23.2 Å². The average molecular weight is 430 g/mol. The third-order valence-corrected chi connectivity index (χ3v) is 4.83. The molecular formula is C18H17Cl2NO5S. The molecule has 0 fully saturated rings. The number of esters is 1. The van der Waals surface area contributed by atoms with Gasteiger partial charge in [0.05, 0.1) is 22.7 Å². The molecule has 1 N–H and O–H groups in total. The molecule has 0 aromatic heterocycles. The van der Waals surface area contributed by atoms with E-state index in [0.717, 1.165) is 6.26 Å². The van der Waals surface area contributed by atoms with Crippen molar-refractivity contribution in [2.24, 2.45) is 0 Å². The van der Waals surface area contributed by atoms with Crippen LogP contribution in [-0.4, -0.2) is 32.5 Å². The maximum atomic E-state index is 12.4. The first-order valence-corrected chi connectivity index (χ1v) is 10.5. The standard InChI is InChI=1S/C18H17Cl2NO5S/c1-11(26-17(22)10-12-3-8-15(19)16(20)9-12)18(23)13-4-6-14(7-5-13)21-27(2,24)25/h3-9,11,21H,10H2,1-2H3. The average Bonchev–Trinajstić information content (AvgIpc) is 2.56. The number of ether oxygens (including phenoxy) is 1. The van der Waals surface area contributed by atoms with Crippen LogP contribution in [0.2, 0.25) is 10.0 Å². The highest BCUT2D eigenvalue weighted by Gasteiger charge is 2.20. The second kappa shape index (κ2) is 8.73. The normalized spacial score (nSPS) is 12.3. The predicted octanol–water partition coefficient (Wildman–Crippen LogP) is 3.72. The van der Waals surface area contributed by atoms with E-state index in [4.69, 9.17) is 27.9 Å². The topological polar surface area (TPSA) is 89.5 Å². The molecule has 0 aliphatic heterocycles. The fourth-order valence-electron chi connectivity index (χ4n) is 2.26. The van der Waals surface area contributed by atoms with E-state index in [2.05, 4.69) is 4.72 Å². The highest BCUT2D eigenvalue weighted by atomic mass is 35.5. The lowest BCUT2D eigenvalue weighted by molar-refractivity contribution is -0.145. The molecule has 0 radical (unpaired) electrons. The van der Waals surface area contributed by atoms with Crippen LogP contribution < -0.4 is 4.72 Å². The summed E-state index contributed by atoms with van der Waals surface area (Å²) in [5.74, 6) is -0.979. The smallest absolute Gasteiger partial charge is 0.310 e. The first-order valence-electron chi connectivity index (χ1n) is 7.80. The monoisotopic (exact) mass is 429 g/mol. The van der Waals surface area contributed by atoms with Crippen molar-refractivity contribution >= 4 is 50.7 Å². The van der Waals surface area contributed by atoms with Gasteiger partial charge in [-0.15, -0.1) is 0 Å². The highest BCUT2D eigenvalue weighted by molar-refractivity contribution is 7.92. The van der Waals surface area contributed by atoms with Crippen LogP contribution in [0.3, 0.4) is 0 Å². The molecule has 0 saturated carbocycles. The third-order valence-electron chi connectivity index (χ3n) is 3.48. The van der Waals surface area contributed by atoms with Gasteiger partial charge in [0.1, 0.15) is 0 Å². The van der Waals surface area contributed by atoms with Gasteiger partial charge in [0.15, 0.2) is 6.10 Å². The number of carbonyl (C=O) groups is 2. The van der Waals surface area contributed by atoms with Crippen molar-refractivity contribution < 1.29 is 22.7 Å². The van der Waals surface area contributed by atoms with Gasteiger partial charge >= 0.3 is 5.97 Å². The SMILES string of the molecule is CC(OC(=O)Cc1ccc(Cl)c(Cl)c1)C(=O)c1ccc(NS(C)(=O)=O)cc1. The van der Waals surface area contributed by atoms with Gasteiger partial charge in [-0.2, -0.15) is 0 Å². The Hall–Kier alpha value is -2.09. The maximum absolute atomic E-state index is 12.4. The van der Waals surface area contributed by atoms with Crippen LogP contribution in [-0.2, 0) is 26.0 Å². The first kappa shape index (κ1) is 21.2. The molecule has 2 aromatic carbocycles. The van der Waals surface area contributed by atoms with Crippen LogP contribution in [0.15, 0.2) is 42.5 Å². The van der Waals surface area contributed by atoms with Gasteiger partial charge in [-0.05, 0) is 48.9 Å².